The molecule has 15 heavy (non-hydrogen) atoms. The van der Waals surface area contributed by atoms with E-state index in [1.807, 2.05) is 6.33 Å². The van der Waals surface area contributed by atoms with Gasteiger partial charge in [-0.05, 0) is 43.5 Å². The summed E-state index contributed by atoms with van der Waals surface area (Å²) in [6, 6.07) is 7.15. The van der Waals surface area contributed by atoms with E-state index in [0.717, 1.165) is 11.9 Å². The van der Waals surface area contributed by atoms with Gasteiger partial charge in [-0.1, -0.05) is 6.07 Å². The van der Waals surface area contributed by atoms with Crippen LogP contribution in [-0.2, 0) is 6.42 Å². The summed E-state index contributed by atoms with van der Waals surface area (Å²) in [4.78, 5) is 4.41. The zero-order chi connectivity index (χ0) is 10.3. The molecule has 0 amide bonds. The van der Waals surface area contributed by atoms with E-state index in [9.17, 15) is 0 Å². The lowest BCUT2D eigenvalue weighted by Gasteiger charge is -2.03. The third-order valence-electron chi connectivity index (χ3n) is 3.01. The van der Waals surface area contributed by atoms with Gasteiger partial charge in [-0.25, -0.2) is 4.98 Å². The van der Waals surface area contributed by atoms with Gasteiger partial charge in [-0.3, -0.25) is 0 Å². The van der Waals surface area contributed by atoms with Crippen molar-refractivity contribution in [2.75, 3.05) is 6.54 Å². The Hall–Kier alpha value is -1.35. The van der Waals surface area contributed by atoms with E-state index in [-0.39, 0.29) is 0 Å². The van der Waals surface area contributed by atoms with Gasteiger partial charge in [-0.15, -0.1) is 0 Å². The second-order valence-electron chi connectivity index (χ2n) is 4.24. The first-order valence-electron chi connectivity index (χ1n) is 5.54. The molecule has 0 bridgehead atoms. The zero-order valence-corrected chi connectivity index (χ0v) is 8.69. The molecule has 2 N–H and O–H groups in total. The third-order valence-corrected chi connectivity index (χ3v) is 3.01. The lowest BCUT2D eigenvalue weighted by atomic mass is 10.1. The Balaban J connectivity index is 2.09. The summed E-state index contributed by atoms with van der Waals surface area (Å²) in [5.41, 5.74) is 9.25. The molecule has 1 fully saturated rings. The van der Waals surface area contributed by atoms with Crippen LogP contribution in [-0.4, -0.2) is 16.1 Å². The van der Waals surface area contributed by atoms with Gasteiger partial charge in [0.25, 0.3) is 0 Å². The topological polar surface area (TPSA) is 43.8 Å². The molecule has 3 rings (SSSR count). The summed E-state index contributed by atoms with van der Waals surface area (Å²) in [7, 11) is 0. The first kappa shape index (κ1) is 8.92. The van der Waals surface area contributed by atoms with Crippen LogP contribution in [0.2, 0.25) is 0 Å². The van der Waals surface area contributed by atoms with Crippen molar-refractivity contribution in [3.63, 3.8) is 0 Å². The Labute approximate surface area is 88.9 Å². The predicted octanol–water partition coefficient (Wildman–Crippen LogP) is 1.87. The largest absolute Gasteiger partial charge is 0.330 e. The van der Waals surface area contributed by atoms with Crippen LogP contribution in [0.4, 0.5) is 0 Å². The fourth-order valence-corrected chi connectivity index (χ4v) is 2.04. The van der Waals surface area contributed by atoms with Crippen molar-refractivity contribution in [2.24, 2.45) is 5.73 Å². The Kier molecular flexibility index (Phi) is 1.99. The maximum Gasteiger partial charge on any atom is 0.0960 e. The first-order chi connectivity index (χ1) is 7.38. The highest BCUT2D eigenvalue weighted by atomic mass is 15.1. The average molecular weight is 201 g/mol. The molecule has 3 heteroatoms. The molecule has 0 radical (unpaired) electrons. The Morgan fingerprint density at radius 3 is 3.00 bits per heavy atom. The molecule has 78 valence electrons. The summed E-state index contributed by atoms with van der Waals surface area (Å²) in [5.74, 6) is 0. The molecule has 0 spiro atoms. The molecule has 0 atom stereocenters. The summed E-state index contributed by atoms with van der Waals surface area (Å²) < 4.78 is 2.30. The maximum absolute atomic E-state index is 5.57. The molecule has 1 aromatic heterocycles. The highest BCUT2D eigenvalue weighted by Crippen LogP contribution is 2.37. The van der Waals surface area contributed by atoms with E-state index in [1.54, 1.807) is 0 Å². The van der Waals surface area contributed by atoms with Crippen LogP contribution in [0.1, 0.15) is 24.4 Å². The molecule has 3 nitrogen and oxygen atoms in total. The number of imidazole rings is 1. The first-order valence-corrected chi connectivity index (χ1v) is 5.54. The minimum atomic E-state index is 0.697. The van der Waals surface area contributed by atoms with Crippen molar-refractivity contribution in [3.8, 4) is 0 Å². The van der Waals surface area contributed by atoms with Gasteiger partial charge in [0.05, 0.1) is 17.4 Å². The van der Waals surface area contributed by atoms with E-state index in [2.05, 4.69) is 27.8 Å². The molecule has 1 aromatic carbocycles. The number of nitrogens with zero attached hydrogens (tertiary/aromatic N) is 2. The van der Waals surface area contributed by atoms with Crippen LogP contribution < -0.4 is 5.73 Å². The van der Waals surface area contributed by atoms with E-state index < -0.39 is 0 Å². The van der Waals surface area contributed by atoms with Crippen LogP contribution in [0.15, 0.2) is 24.5 Å². The molecule has 1 heterocycles. The number of rotatable bonds is 3. The monoisotopic (exact) mass is 201 g/mol. The number of benzene rings is 1. The minimum Gasteiger partial charge on any atom is -0.330 e. The van der Waals surface area contributed by atoms with Crippen molar-refractivity contribution in [1.29, 1.82) is 0 Å². The highest BCUT2D eigenvalue weighted by molar-refractivity contribution is 5.76. The molecule has 0 aliphatic heterocycles. The number of nitrogens with two attached hydrogens (primary N) is 1. The molecule has 1 saturated carbocycles. The standard InChI is InChI=1S/C12H15N3/c13-6-5-9-1-4-11-12(7-9)15(8-14-11)10-2-3-10/h1,4,7-8,10H,2-3,5-6,13H2. The number of aromatic nitrogens is 2. The van der Waals surface area contributed by atoms with Crippen molar-refractivity contribution >= 4 is 11.0 Å². The van der Waals surface area contributed by atoms with Gasteiger partial charge in [0.15, 0.2) is 0 Å². The third kappa shape index (κ3) is 1.53. The van der Waals surface area contributed by atoms with E-state index in [1.165, 1.54) is 23.9 Å². The predicted molar refractivity (Wildman–Crippen MR) is 60.8 cm³/mol. The van der Waals surface area contributed by atoms with E-state index in [4.69, 9.17) is 5.73 Å². The fourth-order valence-electron chi connectivity index (χ4n) is 2.04. The summed E-state index contributed by atoms with van der Waals surface area (Å²) in [6.45, 7) is 0.711. The van der Waals surface area contributed by atoms with Crippen LogP contribution in [0, 0.1) is 0 Å². The van der Waals surface area contributed by atoms with Crippen LogP contribution in [0.5, 0.6) is 0 Å². The van der Waals surface area contributed by atoms with Crippen LogP contribution in [0.3, 0.4) is 0 Å². The minimum absolute atomic E-state index is 0.697. The van der Waals surface area contributed by atoms with Crippen molar-refractivity contribution in [2.45, 2.75) is 25.3 Å². The Morgan fingerprint density at radius 2 is 2.27 bits per heavy atom. The van der Waals surface area contributed by atoms with Crippen LogP contribution in [0.25, 0.3) is 11.0 Å². The number of hydrogen-bond donors (Lipinski definition) is 1. The Bertz CT molecular complexity index is 483. The molecule has 0 saturated heterocycles. The fraction of sp³-hybridized carbons (Fsp3) is 0.417. The van der Waals surface area contributed by atoms with Gasteiger partial charge in [-0.2, -0.15) is 0 Å². The van der Waals surface area contributed by atoms with Gasteiger partial charge >= 0.3 is 0 Å². The zero-order valence-electron chi connectivity index (χ0n) is 8.69. The lowest BCUT2D eigenvalue weighted by Crippen LogP contribution is -2.02. The molecule has 1 aliphatic carbocycles. The molecule has 1 aliphatic rings. The van der Waals surface area contributed by atoms with Crippen molar-refractivity contribution in [3.05, 3.63) is 30.1 Å². The second kappa shape index (κ2) is 3.35. The van der Waals surface area contributed by atoms with Gasteiger partial charge in [0, 0.05) is 6.04 Å². The molecular weight excluding hydrogens is 186 g/mol. The lowest BCUT2D eigenvalue weighted by molar-refractivity contribution is 0.765. The van der Waals surface area contributed by atoms with E-state index >= 15 is 0 Å². The normalized spacial score (nSPS) is 16.1. The summed E-state index contributed by atoms with van der Waals surface area (Å²) >= 11 is 0. The van der Waals surface area contributed by atoms with Gasteiger partial charge in [0.2, 0.25) is 0 Å². The summed E-state index contributed by atoms with van der Waals surface area (Å²) in [6.07, 6.45) is 5.51. The van der Waals surface area contributed by atoms with E-state index in [0.29, 0.717) is 12.6 Å². The average Bonchev–Trinajstić information content (AvgIpc) is 3.00. The highest BCUT2D eigenvalue weighted by Gasteiger charge is 2.24. The second-order valence-corrected chi connectivity index (χ2v) is 4.24. The summed E-state index contributed by atoms with van der Waals surface area (Å²) in [5, 5.41) is 0. The van der Waals surface area contributed by atoms with Gasteiger partial charge in [0.1, 0.15) is 0 Å². The molecule has 2 aromatic rings. The number of fused-ring (bicyclic) bond motifs is 1. The van der Waals surface area contributed by atoms with Crippen molar-refractivity contribution < 1.29 is 0 Å². The van der Waals surface area contributed by atoms with Crippen LogP contribution >= 0.6 is 0 Å². The maximum atomic E-state index is 5.57. The Morgan fingerprint density at radius 1 is 1.40 bits per heavy atom. The quantitative estimate of drug-likeness (QED) is 0.823. The molecule has 0 unspecified atom stereocenters. The molecular formula is C12H15N3. The smallest absolute Gasteiger partial charge is 0.0960 e. The van der Waals surface area contributed by atoms with Crippen molar-refractivity contribution in [1.82, 2.24) is 9.55 Å². The number of hydrogen-bond acceptors (Lipinski definition) is 2. The van der Waals surface area contributed by atoms with Gasteiger partial charge < -0.3 is 10.3 Å². The SMILES string of the molecule is NCCc1ccc2ncn(C3CC3)c2c1.